The highest BCUT2D eigenvalue weighted by Crippen LogP contribution is 2.05. The summed E-state index contributed by atoms with van der Waals surface area (Å²) in [6, 6.07) is 0. The molecule has 0 nitrogen and oxygen atoms in total. The van der Waals surface area contributed by atoms with Crippen molar-refractivity contribution in [3.05, 3.63) is 0 Å². The summed E-state index contributed by atoms with van der Waals surface area (Å²) in [5.41, 5.74) is 0. The van der Waals surface area contributed by atoms with E-state index in [1.807, 2.05) is 0 Å². The zero-order valence-electron chi connectivity index (χ0n) is 12.9. The molecule has 0 heterocycles. The Balaban J connectivity index is -0.000000153. The molecule has 0 heteroatoms. The van der Waals surface area contributed by atoms with Crippen LogP contribution in [0.5, 0.6) is 0 Å². The Morgan fingerprint density at radius 3 is 0.800 bits per heavy atom. The summed E-state index contributed by atoms with van der Waals surface area (Å²) in [5, 5.41) is 0. The van der Waals surface area contributed by atoms with Crippen molar-refractivity contribution in [1.82, 2.24) is 0 Å². The fourth-order valence-corrected chi connectivity index (χ4v) is 0.289. The maximum atomic E-state index is 2.28. The predicted octanol–water partition coefficient (Wildman–Crippen LogP) is 6.16. The molecule has 0 amide bonds. The van der Waals surface area contributed by atoms with Gasteiger partial charge in [0.25, 0.3) is 0 Å². The monoisotopic (exact) mass is 216 g/mol. The van der Waals surface area contributed by atoms with Gasteiger partial charge in [-0.25, -0.2) is 0 Å². The maximum Gasteiger partial charge on any atom is -0.0448 e. The molecule has 0 bridgehead atoms. The Hall–Kier alpha value is 0. The van der Waals surface area contributed by atoms with Crippen molar-refractivity contribution in [3.63, 3.8) is 0 Å². The molecular formula is C15H36. The van der Waals surface area contributed by atoms with Crippen LogP contribution in [-0.4, -0.2) is 0 Å². The molecule has 0 rings (SSSR count). The lowest BCUT2D eigenvalue weighted by Gasteiger charge is -2.05. The van der Waals surface area contributed by atoms with Crippen LogP contribution in [-0.2, 0) is 0 Å². The number of rotatable bonds is 3. The van der Waals surface area contributed by atoms with Gasteiger partial charge in [0, 0.05) is 0 Å². The lowest BCUT2D eigenvalue weighted by atomic mass is 10.0. The molecule has 0 spiro atoms. The Morgan fingerprint density at radius 1 is 0.600 bits per heavy atom. The molecule has 0 radical (unpaired) electrons. The molecule has 0 unspecified atom stereocenters. The van der Waals surface area contributed by atoms with Crippen molar-refractivity contribution < 1.29 is 0 Å². The topological polar surface area (TPSA) is 0 Å². The van der Waals surface area contributed by atoms with Crippen molar-refractivity contribution in [2.24, 2.45) is 17.8 Å². The van der Waals surface area contributed by atoms with E-state index in [2.05, 4.69) is 62.3 Å². The molecule has 0 aliphatic heterocycles. The summed E-state index contributed by atoms with van der Waals surface area (Å²) < 4.78 is 0. The Morgan fingerprint density at radius 2 is 0.800 bits per heavy atom. The van der Waals surface area contributed by atoms with Crippen molar-refractivity contribution in [3.8, 4) is 0 Å². The molecule has 0 fully saturated rings. The largest absolute Gasteiger partial charge is 0.0656 e. The summed E-state index contributed by atoms with van der Waals surface area (Å²) in [5.74, 6) is 2.64. The van der Waals surface area contributed by atoms with Gasteiger partial charge in [-0.05, 0) is 17.8 Å². The van der Waals surface area contributed by atoms with Crippen LogP contribution in [0.1, 0.15) is 81.6 Å². The van der Waals surface area contributed by atoms with Gasteiger partial charge < -0.3 is 0 Å². The van der Waals surface area contributed by atoms with Crippen LogP contribution in [0.15, 0.2) is 0 Å². The van der Waals surface area contributed by atoms with Crippen LogP contribution in [0.25, 0.3) is 0 Å². The van der Waals surface area contributed by atoms with E-state index >= 15 is 0 Å². The van der Waals surface area contributed by atoms with Crippen molar-refractivity contribution in [2.75, 3.05) is 0 Å². The molecule has 96 valence electrons. The Labute approximate surface area is 99.9 Å². The van der Waals surface area contributed by atoms with Crippen LogP contribution >= 0.6 is 0 Å². The number of hydrogen-bond acceptors (Lipinski definition) is 0. The molecule has 0 atom stereocenters. The molecule has 0 saturated carbocycles. The standard InChI is InChI=1S/2C6H14.C3H8/c1-5(2)6(3)4;1-4-6(3)5-2;1-3-2/h5-6H,1-4H3;6H,4-5H2,1-3H3;3H2,1-2H3. The Kier molecular flexibility index (Phi) is 22.4. The third-order valence-electron chi connectivity index (χ3n) is 2.73. The second-order valence-electron chi connectivity index (χ2n) is 5.12. The highest BCUT2D eigenvalue weighted by Gasteiger charge is 1.95. The first-order valence-corrected chi connectivity index (χ1v) is 6.87. The quantitative estimate of drug-likeness (QED) is 0.530. The summed E-state index contributed by atoms with van der Waals surface area (Å²) in [4.78, 5) is 0. The highest BCUT2D eigenvalue weighted by molar-refractivity contribution is 4.46. The third-order valence-corrected chi connectivity index (χ3v) is 2.73. The normalized spacial score (nSPS) is 9.60. The van der Waals surface area contributed by atoms with E-state index in [1.165, 1.54) is 19.3 Å². The molecule has 0 saturated heterocycles. The van der Waals surface area contributed by atoms with Crippen LogP contribution in [0.3, 0.4) is 0 Å². The van der Waals surface area contributed by atoms with E-state index in [0.717, 1.165) is 17.8 Å². The summed E-state index contributed by atoms with van der Waals surface area (Å²) in [6.45, 7) is 20.0. The van der Waals surface area contributed by atoms with Gasteiger partial charge in [0.1, 0.15) is 0 Å². The minimum absolute atomic E-state index is 0.852. The van der Waals surface area contributed by atoms with Crippen LogP contribution in [0.2, 0.25) is 0 Å². The van der Waals surface area contributed by atoms with E-state index in [1.54, 1.807) is 0 Å². The average molecular weight is 216 g/mol. The van der Waals surface area contributed by atoms with Crippen molar-refractivity contribution >= 4 is 0 Å². The van der Waals surface area contributed by atoms with Gasteiger partial charge in [0.15, 0.2) is 0 Å². The Bertz CT molecular complexity index is 72.0. The van der Waals surface area contributed by atoms with E-state index in [9.17, 15) is 0 Å². The van der Waals surface area contributed by atoms with Gasteiger partial charge in [-0.15, -0.1) is 0 Å². The van der Waals surface area contributed by atoms with Gasteiger partial charge in [-0.1, -0.05) is 81.6 Å². The summed E-state index contributed by atoms with van der Waals surface area (Å²) in [7, 11) is 0. The minimum Gasteiger partial charge on any atom is -0.0656 e. The molecular weight excluding hydrogens is 180 g/mol. The fraction of sp³-hybridized carbons (Fsp3) is 1.00. The number of hydrogen-bond donors (Lipinski definition) is 0. The SMILES string of the molecule is CC(C)C(C)C.CCC.CCC(C)CC. The second kappa shape index (κ2) is 16.4. The molecule has 0 aliphatic rings. The lowest BCUT2D eigenvalue weighted by molar-refractivity contribution is 0.457. The molecule has 0 aromatic heterocycles. The second-order valence-corrected chi connectivity index (χ2v) is 5.12. The van der Waals surface area contributed by atoms with Crippen LogP contribution in [0, 0.1) is 17.8 Å². The fourth-order valence-electron chi connectivity index (χ4n) is 0.289. The third kappa shape index (κ3) is 31.5. The van der Waals surface area contributed by atoms with E-state index < -0.39 is 0 Å². The molecule has 15 heavy (non-hydrogen) atoms. The van der Waals surface area contributed by atoms with Gasteiger partial charge in [0.2, 0.25) is 0 Å². The molecule has 0 aromatic rings. The van der Waals surface area contributed by atoms with Gasteiger partial charge >= 0.3 is 0 Å². The minimum atomic E-state index is 0.852. The molecule has 0 N–H and O–H groups in total. The molecule has 0 aliphatic carbocycles. The van der Waals surface area contributed by atoms with Gasteiger partial charge in [-0.2, -0.15) is 0 Å². The van der Waals surface area contributed by atoms with Gasteiger partial charge in [0.05, 0.1) is 0 Å². The van der Waals surface area contributed by atoms with E-state index in [4.69, 9.17) is 0 Å². The zero-order valence-corrected chi connectivity index (χ0v) is 12.9. The van der Waals surface area contributed by atoms with Gasteiger partial charge in [-0.3, -0.25) is 0 Å². The first kappa shape index (κ1) is 20.4. The van der Waals surface area contributed by atoms with Crippen LogP contribution < -0.4 is 0 Å². The lowest BCUT2D eigenvalue weighted by Crippen LogP contribution is -1.95. The zero-order chi connectivity index (χ0) is 12.9. The van der Waals surface area contributed by atoms with E-state index in [0.29, 0.717) is 0 Å². The first-order valence-electron chi connectivity index (χ1n) is 6.87. The molecule has 0 aromatic carbocycles. The van der Waals surface area contributed by atoms with Crippen LogP contribution in [0.4, 0.5) is 0 Å². The smallest absolute Gasteiger partial charge is 0.0448 e. The predicted molar refractivity (Wildman–Crippen MR) is 75.4 cm³/mol. The maximum absolute atomic E-state index is 2.28. The highest BCUT2D eigenvalue weighted by atomic mass is 14.0. The van der Waals surface area contributed by atoms with E-state index in [-0.39, 0.29) is 0 Å². The average Bonchev–Trinajstić information content (AvgIpc) is 2.18. The first-order chi connectivity index (χ1) is 6.87. The van der Waals surface area contributed by atoms with Crippen molar-refractivity contribution in [1.29, 1.82) is 0 Å². The van der Waals surface area contributed by atoms with Crippen molar-refractivity contribution in [2.45, 2.75) is 81.6 Å². The summed E-state index contributed by atoms with van der Waals surface area (Å²) in [6.07, 6.45) is 3.91. The summed E-state index contributed by atoms with van der Waals surface area (Å²) >= 11 is 0.